The fourth-order valence-electron chi connectivity index (χ4n) is 7.93. The molecule has 2 aromatic heterocycles. The van der Waals surface area contributed by atoms with Gasteiger partial charge in [-0.15, -0.1) is 0 Å². The second kappa shape index (κ2) is 10.1. The molecule has 4 heterocycles. The summed E-state index contributed by atoms with van der Waals surface area (Å²) in [5.74, 6) is 2.47. The Kier molecular flexibility index (Phi) is 6.29. The molecule has 4 atom stereocenters. The Hall–Kier alpha value is -3.85. The van der Waals surface area contributed by atoms with Gasteiger partial charge in [0, 0.05) is 43.2 Å². The first-order valence-corrected chi connectivity index (χ1v) is 15.8. The number of methoxy groups -OCH3 is 1. The van der Waals surface area contributed by atoms with E-state index < -0.39 is 0 Å². The van der Waals surface area contributed by atoms with Gasteiger partial charge in [-0.2, -0.15) is 0 Å². The molecule has 4 aliphatic rings. The van der Waals surface area contributed by atoms with Gasteiger partial charge in [0.05, 0.1) is 36.4 Å². The molecule has 2 saturated carbocycles. The van der Waals surface area contributed by atoms with E-state index in [-0.39, 0.29) is 29.9 Å². The number of hydrogen-bond donors (Lipinski definition) is 1. The van der Waals surface area contributed by atoms with E-state index in [0.29, 0.717) is 29.8 Å². The van der Waals surface area contributed by atoms with Crippen molar-refractivity contribution in [3.63, 3.8) is 0 Å². The minimum atomic E-state index is -0.0622. The van der Waals surface area contributed by atoms with Crippen molar-refractivity contribution in [2.24, 2.45) is 30.5 Å². The van der Waals surface area contributed by atoms with E-state index >= 15 is 0 Å². The number of hydrogen-bond acceptors (Lipinski definition) is 6. The van der Waals surface area contributed by atoms with Crippen LogP contribution in [0.1, 0.15) is 54.4 Å². The number of esters is 1. The maximum absolute atomic E-state index is 13.7. The molecule has 2 unspecified atom stereocenters. The van der Waals surface area contributed by atoms with E-state index in [1.807, 2.05) is 24.1 Å². The number of carbonyl (C=O) groups excluding carboxylic acids is 2. The van der Waals surface area contributed by atoms with Gasteiger partial charge in [0.15, 0.2) is 5.82 Å². The van der Waals surface area contributed by atoms with Crippen LogP contribution in [0, 0.1) is 17.8 Å². The van der Waals surface area contributed by atoms with Gasteiger partial charge in [0.1, 0.15) is 11.3 Å². The number of aryl methyl sites for hydroxylation is 2. The lowest BCUT2D eigenvalue weighted by Gasteiger charge is -2.27. The Balaban J connectivity index is 1.20. The van der Waals surface area contributed by atoms with Crippen molar-refractivity contribution < 1.29 is 19.1 Å². The molecule has 0 spiro atoms. The first-order chi connectivity index (χ1) is 20.9. The second-order valence-electron chi connectivity index (χ2n) is 13.1. The lowest BCUT2D eigenvalue weighted by Crippen LogP contribution is -2.41. The zero-order chi connectivity index (χ0) is 29.4. The van der Waals surface area contributed by atoms with Crippen LogP contribution < -0.4 is 10.5 Å². The van der Waals surface area contributed by atoms with Gasteiger partial charge in [-0.05, 0) is 80.5 Å². The third-order valence-electron chi connectivity index (χ3n) is 10.5. The van der Waals surface area contributed by atoms with Crippen LogP contribution in [0.5, 0.6) is 5.75 Å². The summed E-state index contributed by atoms with van der Waals surface area (Å²) in [4.78, 5) is 33.0. The van der Waals surface area contributed by atoms with Crippen molar-refractivity contribution in [2.75, 3.05) is 20.3 Å². The number of aromatic nitrogens is 3. The average Bonchev–Trinajstić information content (AvgIpc) is 3.26. The van der Waals surface area contributed by atoms with Gasteiger partial charge in [0.2, 0.25) is 0 Å². The number of fused-ring (bicyclic) bond motifs is 4. The van der Waals surface area contributed by atoms with Gasteiger partial charge in [-0.25, -0.2) is 4.98 Å². The standard InChI is InChI=1S/C34H39N5O4/c1-37-31-25(14-24(16-28(31)42-2)33(40)39-18-23-10-11-26(39)29(23)35)36-32(37)27-15-22-5-3-4-20(8-9-21-12-13-43-34(21)41)30(22)38(27)17-19-6-7-19/h3-5,14-16,19,21,23,26,29H,6-13,17-18,35H2,1-2H3/t21?,23-,26-,29?/m1/s1. The molecule has 4 aromatic rings. The molecule has 9 nitrogen and oxygen atoms in total. The van der Waals surface area contributed by atoms with Gasteiger partial charge in [-0.1, -0.05) is 18.2 Å². The van der Waals surface area contributed by atoms with Gasteiger partial charge in [0.25, 0.3) is 5.91 Å². The minimum absolute atomic E-state index is 0.00804. The van der Waals surface area contributed by atoms with Crippen LogP contribution in [0.25, 0.3) is 33.5 Å². The summed E-state index contributed by atoms with van der Waals surface area (Å²) < 4.78 is 15.6. The molecule has 2 N–H and O–H groups in total. The molecule has 2 aromatic carbocycles. The number of amides is 1. The molecule has 43 heavy (non-hydrogen) atoms. The molecule has 1 amide bonds. The van der Waals surface area contributed by atoms with Crippen molar-refractivity contribution in [1.29, 1.82) is 0 Å². The van der Waals surface area contributed by atoms with Crippen LogP contribution in [0.4, 0.5) is 0 Å². The normalized spacial score (nSPS) is 24.9. The second-order valence-corrected chi connectivity index (χ2v) is 13.1. The molecule has 8 rings (SSSR count). The summed E-state index contributed by atoms with van der Waals surface area (Å²) in [5, 5.41) is 1.18. The molecular weight excluding hydrogens is 542 g/mol. The maximum atomic E-state index is 13.7. The van der Waals surface area contributed by atoms with Crippen molar-refractivity contribution >= 4 is 33.8 Å². The fourth-order valence-corrected chi connectivity index (χ4v) is 7.93. The molecule has 224 valence electrons. The Morgan fingerprint density at radius 1 is 1.12 bits per heavy atom. The lowest BCUT2D eigenvalue weighted by atomic mass is 9.97. The number of nitrogens with zero attached hydrogens (tertiary/aromatic N) is 4. The van der Waals surface area contributed by atoms with Gasteiger partial charge >= 0.3 is 5.97 Å². The number of benzene rings is 2. The van der Waals surface area contributed by atoms with Crippen molar-refractivity contribution in [3.05, 3.63) is 47.5 Å². The summed E-state index contributed by atoms with van der Waals surface area (Å²) in [7, 11) is 3.68. The SMILES string of the molecule is COc1cc(C(=O)N2C[C@H]3CC[C@@H]2C3N)cc2nc(-c3cc4cccc(CCC5CCOC5=O)c4n3CC3CC3)n(C)c12. The van der Waals surface area contributed by atoms with Gasteiger partial charge < -0.3 is 29.2 Å². The zero-order valence-electron chi connectivity index (χ0n) is 24.9. The highest BCUT2D eigenvalue weighted by Gasteiger charge is 2.47. The number of imidazole rings is 1. The Morgan fingerprint density at radius 2 is 1.98 bits per heavy atom. The van der Waals surface area contributed by atoms with Crippen LogP contribution >= 0.6 is 0 Å². The predicted molar refractivity (Wildman–Crippen MR) is 164 cm³/mol. The highest BCUT2D eigenvalue weighted by atomic mass is 16.5. The fraction of sp³-hybridized carbons (Fsp3) is 0.500. The van der Waals surface area contributed by atoms with E-state index in [2.05, 4.69) is 33.4 Å². The minimum Gasteiger partial charge on any atom is -0.494 e. The Bertz CT molecular complexity index is 1770. The van der Waals surface area contributed by atoms with Crippen molar-refractivity contribution in [2.45, 2.75) is 63.6 Å². The number of para-hydroxylation sites is 1. The van der Waals surface area contributed by atoms with Crippen LogP contribution in [0.2, 0.25) is 0 Å². The predicted octanol–water partition coefficient (Wildman–Crippen LogP) is 4.67. The average molecular weight is 582 g/mol. The highest BCUT2D eigenvalue weighted by molar-refractivity contribution is 6.00. The Morgan fingerprint density at radius 3 is 2.67 bits per heavy atom. The molecule has 2 bridgehead atoms. The molecule has 4 fully saturated rings. The third kappa shape index (κ3) is 4.34. The number of piperidine rings is 1. The monoisotopic (exact) mass is 581 g/mol. The number of carbonyl (C=O) groups is 2. The van der Waals surface area contributed by atoms with Crippen LogP contribution in [0.3, 0.4) is 0 Å². The summed E-state index contributed by atoms with van der Waals surface area (Å²) in [6.45, 7) is 2.19. The van der Waals surface area contributed by atoms with Crippen molar-refractivity contribution in [1.82, 2.24) is 19.0 Å². The molecule has 2 aliphatic carbocycles. The molecule has 2 aliphatic heterocycles. The van der Waals surface area contributed by atoms with E-state index in [1.54, 1.807) is 7.11 Å². The zero-order valence-corrected chi connectivity index (χ0v) is 24.9. The number of rotatable bonds is 8. The van der Waals surface area contributed by atoms with Crippen molar-refractivity contribution in [3.8, 4) is 17.3 Å². The van der Waals surface area contributed by atoms with Crippen LogP contribution in [0.15, 0.2) is 36.4 Å². The van der Waals surface area contributed by atoms with E-state index in [1.165, 1.54) is 29.3 Å². The third-order valence-corrected chi connectivity index (χ3v) is 10.5. The number of cyclic esters (lactones) is 1. The molecular formula is C34H39N5O4. The largest absolute Gasteiger partial charge is 0.494 e. The van der Waals surface area contributed by atoms with Gasteiger partial charge in [-0.3, -0.25) is 9.59 Å². The first-order valence-electron chi connectivity index (χ1n) is 15.8. The summed E-state index contributed by atoms with van der Waals surface area (Å²) in [6, 6.07) is 12.7. The lowest BCUT2D eigenvalue weighted by molar-refractivity contribution is -0.141. The maximum Gasteiger partial charge on any atom is 0.309 e. The number of likely N-dealkylation sites (tertiary alicyclic amines) is 1. The van der Waals surface area contributed by atoms with Crippen LogP contribution in [-0.2, 0) is 29.5 Å². The van der Waals surface area contributed by atoms with E-state index in [4.69, 9.17) is 20.2 Å². The first kappa shape index (κ1) is 26.8. The molecule has 9 heteroatoms. The summed E-state index contributed by atoms with van der Waals surface area (Å²) in [5.41, 5.74) is 12.2. The van der Waals surface area contributed by atoms with Crippen LogP contribution in [-0.4, -0.2) is 63.2 Å². The highest BCUT2D eigenvalue weighted by Crippen LogP contribution is 2.41. The molecule has 0 radical (unpaired) electrons. The quantitative estimate of drug-likeness (QED) is 0.303. The summed E-state index contributed by atoms with van der Waals surface area (Å²) >= 11 is 0. The Labute approximate surface area is 250 Å². The smallest absolute Gasteiger partial charge is 0.309 e. The van der Waals surface area contributed by atoms with E-state index in [0.717, 1.165) is 67.7 Å². The number of ether oxygens (including phenoxy) is 2. The topological polar surface area (TPSA) is 105 Å². The summed E-state index contributed by atoms with van der Waals surface area (Å²) in [6.07, 6.45) is 6.98. The van der Waals surface area contributed by atoms with E-state index in [9.17, 15) is 9.59 Å². The number of nitrogens with two attached hydrogens (primary N) is 1. The molecule has 2 saturated heterocycles.